The van der Waals surface area contributed by atoms with E-state index in [1.807, 2.05) is 0 Å². The highest BCUT2D eigenvalue weighted by molar-refractivity contribution is 7.88. The molecule has 3 fully saturated rings. The van der Waals surface area contributed by atoms with Gasteiger partial charge in [0.2, 0.25) is 10.0 Å². The van der Waals surface area contributed by atoms with Crippen molar-refractivity contribution in [2.45, 2.75) is 31.8 Å². The fourth-order valence-corrected chi connectivity index (χ4v) is 3.90. The predicted octanol–water partition coefficient (Wildman–Crippen LogP) is 0.429. The molecule has 2 saturated heterocycles. The molecule has 3 atom stereocenters. The highest BCUT2D eigenvalue weighted by Gasteiger charge is 2.53. The number of nitrogens with zero attached hydrogens (tertiary/aromatic N) is 1. The van der Waals surface area contributed by atoms with Crippen LogP contribution in [0.5, 0.6) is 0 Å². The van der Waals surface area contributed by atoms with E-state index in [1.54, 1.807) is 4.31 Å². The Labute approximate surface area is 67.4 Å². The Bertz CT molecular complexity index is 272. The van der Waals surface area contributed by atoms with Crippen molar-refractivity contribution in [2.75, 3.05) is 6.26 Å². The van der Waals surface area contributed by atoms with E-state index in [0.717, 1.165) is 12.8 Å². The SMILES string of the molecule is CC1CC2CC1N2S(C)(=O)=O. The molecule has 3 unspecified atom stereocenters. The highest BCUT2D eigenvalue weighted by Crippen LogP contribution is 2.45. The molecule has 1 saturated carbocycles. The smallest absolute Gasteiger partial charge is 0.211 e. The van der Waals surface area contributed by atoms with Crippen LogP contribution in [-0.4, -0.2) is 31.1 Å². The summed E-state index contributed by atoms with van der Waals surface area (Å²) in [5.41, 5.74) is 0. The minimum atomic E-state index is -2.90. The summed E-state index contributed by atoms with van der Waals surface area (Å²) in [4.78, 5) is 0. The predicted molar refractivity (Wildman–Crippen MR) is 42.7 cm³/mol. The van der Waals surface area contributed by atoms with E-state index in [-0.39, 0.29) is 0 Å². The molecule has 0 amide bonds. The lowest BCUT2D eigenvalue weighted by atomic mass is 10.1. The zero-order valence-electron chi connectivity index (χ0n) is 6.82. The van der Waals surface area contributed by atoms with Crippen molar-refractivity contribution in [2.24, 2.45) is 5.92 Å². The van der Waals surface area contributed by atoms with Crippen LogP contribution in [0.25, 0.3) is 0 Å². The normalized spacial score (nSPS) is 44.0. The summed E-state index contributed by atoms with van der Waals surface area (Å²) in [5, 5.41) is 0. The summed E-state index contributed by atoms with van der Waals surface area (Å²) in [6.07, 6.45) is 3.47. The molecule has 2 bridgehead atoms. The Morgan fingerprint density at radius 1 is 1.36 bits per heavy atom. The minimum Gasteiger partial charge on any atom is -0.212 e. The van der Waals surface area contributed by atoms with Gasteiger partial charge < -0.3 is 0 Å². The molecule has 64 valence electrons. The monoisotopic (exact) mass is 175 g/mol. The first-order valence-electron chi connectivity index (χ1n) is 3.98. The van der Waals surface area contributed by atoms with Crippen LogP contribution in [-0.2, 0) is 10.0 Å². The molecular weight excluding hydrogens is 162 g/mol. The van der Waals surface area contributed by atoms with Gasteiger partial charge in [-0.05, 0) is 18.8 Å². The molecule has 4 heteroatoms. The van der Waals surface area contributed by atoms with Crippen LogP contribution in [0.4, 0.5) is 0 Å². The van der Waals surface area contributed by atoms with Crippen molar-refractivity contribution in [1.29, 1.82) is 0 Å². The van der Waals surface area contributed by atoms with E-state index in [4.69, 9.17) is 0 Å². The van der Waals surface area contributed by atoms with Gasteiger partial charge >= 0.3 is 0 Å². The van der Waals surface area contributed by atoms with E-state index in [1.165, 1.54) is 6.26 Å². The third-order valence-corrected chi connectivity index (χ3v) is 4.22. The number of sulfonamides is 1. The third kappa shape index (κ3) is 0.924. The summed E-state index contributed by atoms with van der Waals surface area (Å²) < 4.78 is 24.0. The summed E-state index contributed by atoms with van der Waals surface area (Å²) in [7, 11) is -2.90. The van der Waals surface area contributed by atoms with Crippen molar-refractivity contribution < 1.29 is 8.42 Å². The Hall–Kier alpha value is -0.0900. The Morgan fingerprint density at radius 3 is 2.18 bits per heavy atom. The zero-order chi connectivity index (χ0) is 8.22. The second-order valence-electron chi connectivity index (χ2n) is 3.76. The second-order valence-corrected chi connectivity index (χ2v) is 5.65. The van der Waals surface area contributed by atoms with Gasteiger partial charge in [0.05, 0.1) is 6.26 Å². The number of hydrogen-bond donors (Lipinski definition) is 0. The fraction of sp³-hybridized carbons (Fsp3) is 1.00. The van der Waals surface area contributed by atoms with Crippen LogP contribution in [0.2, 0.25) is 0 Å². The molecule has 0 spiro atoms. The quantitative estimate of drug-likeness (QED) is 0.579. The Balaban J connectivity index is 2.24. The molecule has 0 N–H and O–H groups in total. The van der Waals surface area contributed by atoms with Gasteiger partial charge in [0.25, 0.3) is 0 Å². The van der Waals surface area contributed by atoms with E-state index >= 15 is 0 Å². The van der Waals surface area contributed by atoms with Crippen molar-refractivity contribution >= 4 is 10.0 Å². The third-order valence-electron chi connectivity index (χ3n) is 2.88. The van der Waals surface area contributed by atoms with E-state index in [9.17, 15) is 8.42 Å². The molecule has 1 aliphatic carbocycles. The van der Waals surface area contributed by atoms with Gasteiger partial charge in [0.1, 0.15) is 0 Å². The number of hydrogen-bond acceptors (Lipinski definition) is 2. The maximum Gasteiger partial charge on any atom is 0.211 e. The van der Waals surface area contributed by atoms with Crippen molar-refractivity contribution in [3.63, 3.8) is 0 Å². The Morgan fingerprint density at radius 2 is 2.00 bits per heavy atom. The first-order chi connectivity index (χ1) is 5.00. The highest BCUT2D eigenvalue weighted by atomic mass is 32.2. The van der Waals surface area contributed by atoms with Gasteiger partial charge in [-0.3, -0.25) is 0 Å². The van der Waals surface area contributed by atoms with Crippen molar-refractivity contribution in [3.8, 4) is 0 Å². The maximum absolute atomic E-state index is 11.1. The average Bonchev–Trinajstić information content (AvgIpc) is 2.14. The summed E-state index contributed by atoms with van der Waals surface area (Å²) >= 11 is 0. The first kappa shape index (κ1) is 7.55. The van der Waals surface area contributed by atoms with Crippen LogP contribution in [0, 0.1) is 5.92 Å². The van der Waals surface area contributed by atoms with Crippen LogP contribution in [0.1, 0.15) is 19.8 Å². The lowest BCUT2D eigenvalue weighted by Gasteiger charge is -2.38. The molecule has 11 heavy (non-hydrogen) atoms. The topological polar surface area (TPSA) is 37.4 Å². The van der Waals surface area contributed by atoms with Gasteiger partial charge in [0, 0.05) is 12.1 Å². The first-order valence-corrected chi connectivity index (χ1v) is 5.83. The summed E-state index contributed by atoms with van der Waals surface area (Å²) in [5.74, 6) is 0.578. The van der Waals surface area contributed by atoms with Gasteiger partial charge in [-0.25, -0.2) is 8.42 Å². The average molecular weight is 175 g/mol. The van der Waals surface area contributed by atoms with Crippen molar-refractivity contribution in [1.82, 2.24) is 4.31 Å². The van der Waals surface area contributed by atoms with Gasteiger partial charge in [0.15, 0.2) is 0 Å². The molecule has 0 aromatic rings. The Kier molecular flexibility index (Phi) is 1.36. The van der Waals surface area contributed by atoms with Crippen LogP contribution in [0.15, 0.2) is 0 Å². The van der Waals surface area contributed by atoms with Crippen LogP contribution in [0.3, 0.4) is 0 Å². The van der Waals surface area contributed by atoms with E-state index < -0.39 is 10.0 Å². The van der Waals surface area contributed by atoms with E-state index in [2.05, 4.69) is 6.92 Å². The van der Waals surface area contributed by atoms with Gasteiger partial charge in [-0.1, -0.05) is 6.92 Å². The molecule has 0 aromatic heterocycles. The molecule has 0 aromatic carbocycles. The van der Waals surface area contributed by atoms with Crippen LogP contribution >= 0.6 is 0 Å². The van der Waals surface area contributed by atoms with Crippen molar-refractivity contribution in [3.05, 3.63) is 0 Å². The van der Waals surface area contributed by atoms with Crippen LogP contribution < -0.4 is 0 Å². The molecule has 2 aliphatic heterocycles. The number of rotatable bonds is 1. The fourth-order valence-electron chi connectivity index (χ4n) is 2.41. The molecule has 3 nitrogen and oxygen atoms in total. The minimum absolute atomic E-state index is 0.329. The maximum atomic E-state index is 11.1. The standard InChI is InChI=1S/C7H13NO2S/c1-5-3-6-4-7(5)8(6)11(2,9)10/h5-7H,3-4H2,1-2H3. The molecule has 3 rings (SSSR count). The molecular formula is C7H13NO2S. The molecule has 3 aliphatic rings. The lowest BCUT2D eigenvalue weighted by molar-refractivity contribution is 0.177. The second kappa shape index (κ2) is 1.98. The van der Waals surface area contributed by atoms with E-state index in [0.29, 0.717) is 18.0 Å². The zero-order valence-corrected chi connectivity index (χ0v) is 7.63. The number of fused-ring (bicyclic) bond motifs is 1. The molecule has 0 radical (unpaired) electrons. The van der Waals surface area contributed by atoms with Gasteiger partial charge in [-0.2, -0.15) is 4.31 Å². The summed E-state index contributed by atoms with van der Waals surface area (Å²) in [6.45, 7) is 2.13. The molecule has 2 heterocycles. The van der Waals surface area contributed by atoms with Gasteiger partial charge in [-0.15, -0.1) is 0 Å². The largest absolute Gasteiger partial charge is 0.212 e. The lowest BCUT2D eigenvalue weighted by Crippen LogP contribution is -2.52. The summed E-state index contributed by atoms with van der Waals surface area (Å²) in [6, 6.07) is 0.667.